The Morgan fingerprint density at radius 1 is 1.31 bits per heavy atom. The second-order valence-corrected chi connectivity index (χ2v) is 9.22. The minimum absolute atomic E-state index is 0.241. The number of fused-ring (bicyclic) bond motifs is 1. The molecule has 0 saturated heterocycles. The highest BCUT2D eigenvalue weighted by Crippen LogP contribution is 2.28. The fraction of sp³-hybridized carbons (Fsp3) is 0.478. The second-order valence-electron chi connectivity index (χ2n) is 9.22. The van der Waals surface area contributed by atoms with Crippen LogP contribution in [0.15, 0.2) is 28.9 Å². The van der Waals surface area contributed by atoms with Gasteiger partial charge in [0.15, 0.2) is 5.54 Å². The molecule has 0 aliphatic carbocycles. The Hall–Kier alpha value is -3.20. The van der Waals surface area contributed by atoms with Gasteiger partial charge in [-0.1, -0.05) is 11.2 Å². The molecule has 2 N–H and O–H groups in total. The van der Waals surface area contributed by atoms with E-state index in [2.05, 4.69) is 26.0 Å². The van der Waals surface area contributed by atoms with E-state index in [1.807, 2.05) is 39.8 Å². The summed E-state index contributed by atoms with van der Waals surface area (Å²) in [6.07, 6.45) is 6.26. The summed E-state index contributed by atoms with van der Waals surface area (Å²) in [5.41, 5.74) is 2.83. The molecule has 2 aromatic heterocycles. The minimum atomic E-state index is -0.959. The van der Waals surface area contributed by atoms with Crippen LogP contribution in [0, 0.1) is 6.92 Å². The summed E-state index contributed by atoms with van der Waals surface area (Å²) in [6, 6.07) is 1.94. The number of allylic oxidation sites excluding steroid dienone is 2. The maximum absolute atomic E-state index is 12.6. The zero-order chi connectivity index (χ0) is 22.9. The maximum atomic E-state index is 12.6. The van der Waals surface area contributed by atoms with E-state index in [9.17, 15) is 4.79 Å². The third kappa shape index (κ3) is 4.67. The van der Waals surface area contributed by atoms with Crippen molar-refractivity contribution in [2.45, 2.75) is 65.3 Å². The first-order valence-corrected chi connectivity index (χ1v) is 10.7. The van der Waals surface area contributed by atoms with Crippen LogP contribution in [0.2, 0.25) is 0 Å². The lowest BCUT2D eigenvalue weighted by Gasteiger charge is -2.31. The normalized spacial score (nSPS) is 20.2. The Morgan fingerprint density at radius 2 is 2.12 bits per heavy atom. The van der Waals surface area contributed by atoms with Gasteiger partial charge in [0.2, 0.25) is 5.88 Å². The molecular formula is C23H29N5O4. The number of ether oxygens (including phenoxy) is 2. The summed E-state index contributed by atoms with van der Waals surface area (Å²) in [5, 5.41) is 19.0. The van der Waals surface area contributed by atoms with Crippen LogP contribution >= 0.6 is 0 Å². The molecule has 9 heteroatoms. The molecule has 1 unspecified atom stereocenters. The molecule has 32 heavy (non-hydrogen) atoms. The average Bonchev–Trinajstić information content (AvgIpc) is 3.11. The van der Waals surface area contributed by atoms with Crippen LogP contribution in [0.25, 0.3) is 5.57 Å². The molecule has 4 heterocycles. The molecule has 1 atom stereocenters. The van der Waals surface area contributed by atoms with Gasteiger partial charge in [-0.2, -0.15) is 5.10 Å². The standard InChI is InChI=1S/C23H29N5O4/c1-14-17(13-30-19-10-15-7-9-24-12-18(15)26-27-19)20(28-32-14)16-6-8-23(5,25-11-16)21(29)31-22(2,3)4/h6,8,10-11,24-25H,7,9,12-13H2,1-5H3. The fourth-order valence-electron chi connectivity index (χ4n) is 3.47. The van der Waals surface area contributed by atoms with Crippen molar-refractivity contribution in [2.75, 3.05) is 6.54 Å². The zero-order valence-corrected chi connectivity index (χ0v) is 19.1. The smallest absolute Gasteiger partial charge is 0.336 e. The predicted molar refractivity (Wildman–Crippen MR) is 118 cm³/mol. The molecule has 0 radical (unpaired) electrons. The Morgan fingerprint density at radius 3 is 2.84 bits per heavy atom. The largest absolute Gasteiger partial charge is 0.471 e. The lowest BCUT2D eigenvalue weighted by atomic mass is 9.95. The highest BCUT2D eigenvalue weighted by Gasteiger charge is 2.36. The number of dihydropyridines is 1. The van der Waals surface area contributed by atoms with E-state index in [1.165, 1.54) is 0 Å². The molecular weight excluding hydrogens is 410 g/mol. The van der Waals surface area contributed by atoms with Gasteiger partial charge >= 0.3 is 5.97 Å². The first-order chi connectivity index (χ1) is 15.1. The maximum Gasteiger partial charge on any atom is 0.336 e. The third-order valence-electron chi connectivity index (χ3n) is 5.37. The number of nitrogens with zero attached hydrogens (tertiary/aromatic N) is 3. The van der Waals surface area contributed by atoms with Crippen LogP contribution in [0.5, 0.6) is 5.88 Å². The lowest BCUT2D eigenvalue weighted by Crippen LogP contribution is -2.49. The van der Waals surface area contributed by atoms with Gasteiger partial charge in [-0.3, -0.25) is 0 Å². The van der Waals surface area contributed by atoms with Gasteiger partial charge < -0.3 is 24.6 Å². The second kappa shape index (κ2) is 8.38. The van der Waals surface area contributed by atoms with E-state index < -0.39 is 11.1 Å². The van der Waals surface area contributed by atoms with Crippen molar-refractivity contribution in [2.24, 2.45) is 0 Å². The van der Waals surface area contributed by atoms with E-state index in [-0.39, 0.29) is 12.6 Å². The minimum Gasteiger partial charge on any atom is -0.471 e. The van der Waals surface area contributed by atoms with E-state index in [0.29, 0.717) is 17.3 Å². The van der Waals surface area contributed by atoms with Gasteiger partial charge in [0.1, 0.15) is 23.7 Å². The number of carbonyl (C=O) groups is 1. The highest BCUT2D eigenvalue weighted by molar-refractivity contribution is 5.87. The molecule has 0 fully saturated rings. The van der Waals surface area contributed by atoms with Crippen molar-refractivity contribution in [3.8, 4) is 5.88 Å². The van der Waals surface area contributed by atoms with Gasteiger partial charge in [-0.25, -0.2) is 4.79 Å². The van der Waals surface area contributed by atoms with Gasteiger partial charge in [-0.15, -0.1) is 5.10 Å². The van der Waals surface area contributed by atoms with Crippen LogP contribution in [0.1, 0.15) is 56.0 Å². The van der Waals surface area contributed by atoms with Crippen LogP contribution < -0.4 is 15.4 Å². The summed E-state index contributed by atoms with van der Waals surface area (Å²) >= 11 is 0. The predicted octanol–water partition coefficient (Wildman–Crippen LogP) is 2.60. The lowest BCUT2D eigenvalue weighted by molar-refractivity contribution is -0.160. The van der Waals surface area contributed by atoms with Crippen LogP contribution in [0.3, 0.4) is 0 Å². The number of nitrogens with one attached hydrogen (secondary N) is 2. The molecule has 2 aromatic rings. The van der Waals surface area contributed by atoms with Crippen molar-refractivity contribution in [1.29, 1.82) is 0 Å². The number of aryl methyl sites for hydroxylation is 1. The third-order valence-corrected chi connectivity index (χ3v) is 5.37. The average molecular weight is 440 g/mol. The first kappa shape index (κ1) is 22.0. The van der Waals surface area contributed by atoms with Gasteiger partial charge in [-0.05, 0) is 59.2 Å². The molecule has 170 valence electrons. The Kier molecular flexibility index (Phi) is 5.77. The van der Waals surface area contributed by atoms with Crippen molar-refractivity contribution < 1.29 is 18.8 Å². The van der Waals surface area contributed by atoms with E-state index in [1.54, 1.807) is 19.2 Å². The molecule has 2 aliphatic heterocycles. The summed E-state index contributed by atoms with van der Waals surface area (Å²) in [5.74, 6) is 0.781. The molecule has 2 aliphatic rings. The molecule has 9 nitrogen and oxygen atoms in total. The van der Waals surface area contributed by atoms with E-state index in [0.717, 1.165) is 41.9 Å². The fourth-order valence-corrected chi connectivity index (χ4v) is 3.47. The number of rotatable bonds is 5. The molecule has 0 spiro atoms. The van der Waals surface area contributed by atoms with Crippen molar-refractivity contribution in [1.82, 2.24) is 26.0 Å². The molecule has 0 bridgehead atoms. The Bertz CT molecular complexity index is 1080. The van der Waals surface area contributed by atoms with Gasteiger partial charge in [0.25, 0.3) is 0 Å². The molecule has 4 rings (SSSR count). The SMILES string of the molecule is Cc1onc(C2=CNC(C)(C(=O)OC(C)(C)C)C=C2)c1COc1cc2c(nn1)CNCC2. The molecule has 0 aromatic carbocycles. The number of hydrogen-bond acceptors (Lipinski definition) is 9. The van der Waals surface area contributed by atoms with Crippen LogP contribution in [-0.4, -0.2) is 39.0 Å². The zero-order valence-electron chi connectivity index (χ0n) is 19.1. The van der Waals surface area contributed by atoms with Gasteiger partial charge in [0.05, 0.1) is 11.3 Å². The quantitative estimate of drug-likeness (QED) is 0.679. The van der Waals surface area contributed by atoms with Crippen molar-refractivity contribution >= 4 is 11.5 Å². The number of hydrogen-bond donors (Lipinski definition) is 2. The molecule has 0 saturated carbocycles. The summed E-state index contributed by atoms with van der Waals surface area (Å²) in [4.78, 5) is 12.6. The van der Waals surface area contributed by atoms with E-state index >= 15 is 0 Å². The monoisotopic (exact) mass is 439 g/mol. The van der Waals surface area contributed by atoms with Gasteiger partial charge in [0, 0.05) is 24.4 Å². The molecule has 0 amide bonds. The first-order valence-electron chi connectivity index (χ1n) is 10.7. The summed E-state index contributed by atoms with van der Waals surface area (Å²) in [7, 11) is 0. The van der Waals surface area contributed by atoms with E-state index in [4.69, 9.17) is 14.0 Å². The highest BCUT2D eigenvalue weighted by atomic mass is 16.6. The van der Waals surface area contributed by atoms with Crippen molar-refractivity contribution in [3.63, 3.8) is 0 Å². The Balaban J connectivity index is 1.47. The number of esters is 1. The van der Waals surface area contributed by atoms with Crippen LogP contribution in [0.4, 0.5) is 0 Å². The van der Waals surface area contributed by atoms with Crippen molar-refractivity contribution in [3.05, 3.63) is 52.7 Å². The topological polar surface area (TPSA) is 111 Å². The number of carbonyl (C=O) groups excluding carboxylic acids is 1. The summed E-state index contributed by atoms with van der Waals surface area (Å²) in [6.45, 7) is 11.0. The Labute approximate surface area is 187 Å². The van der Waals surface area contributed by atoms with Crippen LogP contribution in [-0.2, 0) is 29.1 Å². The number of aromatic nitrogens is 3. The summed E-state index contributed by atoms with van der Waals surface area (Å²) < 4.78 is 16.9.